The SMILES string of the molecule is CCNCc1cc(F)cc(OCC(=O)NC(C)COC)c1. The van der Waals surface area contributed by atoms with Crippen molar-refractivity contribution in [1.29, 1.82) is 0 Å². The molecule has 0 aliphatic carbocycles. The Hall–Kier alpha value is -1.66. The molecule has 5 nitrogen and oxygen atoms in total. The monoisotopic (exact) mass is 298 g/mol. The highest BCUT2D eigenvalue weighted by Gasteiger charge is 2.08. The Morgan fingerprint density at radius 1 is 1.38 bits per heavy atom. The molecule has 0 aliphatic rings. The summed E-state index contributed by atoms with van der Waals surface area (Å²) in [6, 6.07) is 4.33. The van der Waals surface area contributed by atoms with E-state index in [0.29, 0.717) is 18.9 Å². The van der Waals surface area contributed by atoms with Gasteiger partial charge in [-0.15, -0.1) is 0 Å². The lowest BCUT2D eigenvalue weighted by Gasteiger charge is -2.13. The molecule has 1 atom stereocenters. The molecule has 0 aromatic heterocycles. The molecule has 1 rings (SSSR count). The van der Waals surface area contributed by atoms with Crippen molar-refractivity contribution < 1.29 is 18.7 Å². The number of carbonyl (C=O) groups is 1. The van der Waals surface area contributed by atoms with Gasteiger partial charge in [-0.1, -0.05) is 6.92 Å². The van der Waals surface area contributed by atoms with Gasteiger partial charge in [-0.2, -0.15) is 0 Å². The second kappa shape index (κ2) is 9.31. The first kappa shape index (κ1) is 17.4. The summed E-state index contributed by atoms with van der Waals surface area (Å²) in [5, 5.41) is 5.83. The quantitative estimate of drug-likeness (QED) is 0.725. The van der Waals surface area contributed by atoms with Crippen LogP contribution in [0.15, 0.2) is 18.2 Å². The molecule has 6 heteroatoms. The summed E-state index contributed by atoms with van der Waals surface area (Å²) in [6.07, 6.45) is 0. The van der Waals surface area contributed by atoms with E-state index < -0.39 is 0 Å². The van der Waals surface area contributed by atoms with Crippen molar-refractivity contribution in [2.24, 2.45) is 0 Å². The maximum atomic E-state index is 13.5. The maximum absolute atomic E-state index is 13.5. The molecule has 0 bridgehead atoms. The van der Waals surface area contributed by atoms with Crippen molar-refractivity contribution in [2.45, 2.75) is 26.4 Å². The van der Waals surface area contributed by atoms with Gasteiger partial charge in [-0.3, -0.25) is 4.79 Å². The molecule has 2 N–H and O–H groups in total. The fourth-order valence-electron chi connectivity index (χ4n) is 1.83. The van der Waals surface area contributed by atoms with E-state index in [1.165, 1.54) is 12.1 Å². The summed E-state index contributed by atoms with van der Waals surface area (Å²) < 4.78 is 23.7. The number of rotatable bonds is 9. The summed E-state index contributed by atoms with van der Waals surface area (Å²) in [7, 11) is 1.57. The predicted octanol–water partition coefficient (Wildman–Crippen LogP) is 1.47. The van der Waals surface area contributed by atoms with Gasteiger partial charge in [0.1, 0.15) is 11.6 Å². The Morgan fingerprint density at radius 2 is 2.14 bits per heavy atom. The molecular formula is C15H23FN2O3. The summed E-state index contributed by atoms with van der Waals surface area (Å²) in [5.41, 5.74) is 0.778. The van der Waals surface area contributed by atoms with Gasteiger partial charge in [0.05, 0.1) is 6.61 Å². The van der Waals surface area contributed by atoms with Crippen molar-refractivity contribution in [3.63, 3.8) is 0 Å². The van der Waals surface area contributed by atoms with Gasteiger partial charge in [0.25, 0.3) is 5.91 Å². The normalized spacial score (nSPS) is 12.0. The van der Waals surface area contributed by atoms with Crippen LogP contribution in [0.3, 0.4) is 0 Å². The number of nitrogens with one attached hydrogen (secondary N) is 2. The van der Waals surface area contributed by atoms with Crippen molar-refractivity contribution in [2.75, 3.05) is 26.9 Å². The van der Waals surface area contributed by atoms with E-state index in [1.807, 2.05) is 13.8 Å². The highest BCUT2D eigenvalue weighted by atomic mass is 19.1. The summed E-state index contributed by atoms with van der Waals surface area (Å²) in [6.45, 7) is 5.44. The number of hydrogen-bond donors (Lipinski definition) is 2. The van der Waals surface area contributed by atoms with Gasteiger partial charge in [-0.05, 0) is 31.2 Å². The molecule has 1 aromatic rings. The van der Waals surface area contributed by atoms with E-state index >= 15 is 0 Å². The second-order valence-corrected chi connectivity index (χ2v) is 4.79. The zero-order valence-electron chi connectivity index (χ0n) is 12.7. The molecule has 21 heavy (non-hydrogen) atoms. The third-order valence-corrected chi connectivity index (χ3v) is 2.70. The lowest BCUT2D eigenvalue weighted by molar-refractivity contribution is -0.124. The summed E-state index contributed by atoms with van der Waals surface area (Å²) >= 11 is 0. The smallest absolute Gasteiger partial charge is 0.258 e. The fraction of sp³-hybridized carbons (Fsp3) is 0.533. The summed E-state index contributed by atoms with van der Waals surface area (Å²) in [5.74, 6) is -0.303. The molecule has 118 valence electrons. The van der Waals surface area contributed by atoms with Crippen molar-refractivity contribution >= 4 is 5.91 Å². The van der Waals surface area contributed by atoms with E-state index in [0.717, 1.165) is 12.1 Å². The minimum Gasteiger partial charge on any atom is -0.484 e. The minimum absolute atomic E-state index is 0.0945. The van der Waals surface area contributed by atoms with Gasteiger partial charge in [0, 0.05) is 25.8 Å². The van der Waals surface area contributed by atoms with Crippen LogP contribution in [-0.2, 0) is 16.1 Å². The fourth-order valence-corrected chi connectivity index (χ4v) is 1.83. The van der Waals surface area contributed by atoms with E-state index in [9.17, 15) is 9.18 Å². The first-order chi connectivity index (χ1) is 10.0. The summed E-state index contributed by atoms with van der Waals surface area (Å²) in [4.78, 5) is 11.6. The first-order valence-corrected chi connectivity index (χ1v) is 6.96. The topological polar surface area (TPSA) is 59.6 Å². The van der Waals surface area contributed by atoms with Gasteiger partial charge in [0.15, 0.2) is 6.61 Å². The Morgan fingerprint density at radius 3 is 2.81 bits per heavy atom. The molecule has 1 aromatic carbocycles. The van der Waals surface area contributed by atoms with Crippen LogP contribution in [0.25, 0.3) is 0 Å². The van der Waals surface area contributed by atoms with Crippen molar-refractivity contribution in [3.8, 4) is 5.75 Å². The van der Waals surface area contributed by atoms with Crippen LogP contribution in [0.2, 0.25) is 0 Å². The van der Waals surface area contributed by atoms with E-state index in [2.05, 4.69) is 10.6 Å². The van der Waals surface area contributed by atoms with Gasteiger partial charge in [0.2, 0.25) is 0 Å². The lowest BCUT2D eigenvalue weighted by Crippen LogP contribution is -2.38. The highest BCUT2D eigenvalue weighted by Crippen LogP contribution is 2.16. The maximum Gasteiger partial charge on any atom is 0.258 e. The number of hydrogen-bond acceptors (Lipinski definition) is 4. The number of ether oxygens (including phenoxy) is 2. The standard InChI is InChI=1S/C15H23FN2O3/c1-4-17-8-12-5-13(16)7-14(6-12)21-10-15(19)18-11(2)9-20-3/h5-7,11,17H,4,8-10H2,1-3H3,(H,18,19). The number of methoxy groups -OCH3 is 1. The third kappa shape index (κ3) is 7.06. The molecule has 0 heterocycles. The molecule has 1 unspecified atom stereocenters. The van der Waals surface area contributed by atoms with Crippen LogP contribution in [0.5, 0.6) is 5.75 Å². The van der Waals surface area contributed by atoms with Crippen LogP contribution in [-0.4, -0.2) is 38.8 Å². The molecule has 0 fully saturated rings. The minimum atomic E-state index is -0.381. The zero-order valence-corrected chi connectivity index (χ0v) is 12.7. The van der Waals surface area contributed by atoms with Gasteiger partial charge >= 0.3 is 0 Å². The second-order valence-electron chi connectivity index (χ2n) is 4.79. The Labute approximate surface area is 124 Å². The number of halogens is 1. The van der Waals surface area contributed by atoms with Crippen LogP contribution in [0.1, 0.15) is 19.4 Å². The van der Waals surface area contributed by atoms with E-state index in [-0.39, 0.29) is 24.4 Å². The largest absolute Gasteiger partial charge is 0.484 e. The molecule has 0 saturated carbocycles. The average Bonchev–Trinajstić information content (AvgIpc) is 2.42. The average molecular weight is 298 g/mol. The molecule has 1 amide bonds. The molecule has 0 aliphatic heterocycles. The van der Waals surface area contributed by atoms with Crippen LogP contribution in [0.4, 0.5) is 4.39 Å². The van der Waals surface area contributed by atoms with Crippen molar-refractivity contribution in [1.82, 2.24) is 10.6 Å². The predicted molar refractivity (Wildman–Crippen MR) is 78.8 cm³/mol. The Kier molecular flexibility index (Phi) is 7.71. The first-order valence-electron chi connectivity index (χ1n) is 6.96. The van der Waals surface area contributed by atoms with Gasteiger partial charge < -0.3 is 20.1 Å². The van der Waals surface area contributed by atoms with Crippen LogP contribution < -0.4 is 15.4 Å². The number of amides is 1. The van der Waals surface area contributed by atoms with Crippen LogP contribution >= 0.6 is 0 Å². The molecular weight excluding hydrogens is 275 g/mol. The Bertz CT molecular complexity index is 455. The number of carbonyl (C=O) groups excluding carboxylic acids is 1. The molecule has 0 spiro atoms. The lowest BCUT2D eigenvalue weighted by atomic mass is 10.2. The van der Waals surface area contributed by atoms with E-state index in [4.69, 9.17) is 9.47 Å². The highest BCUT2D eigenvalue weighted by molar-refractivity contribution is 5.77. The van der Waals surface area contributed by atoms with Gasteiger partial charge in [-0.25, -0.2) is 4.39 Å². The van der Waals surface area contributed by atoms with E-state index in [1.54, 1.807) is 13.2 Å². The third-order valence-electron chi connectivity index (χ3n) is 2.70. The molecule has 0 saturated heterocycles. The molecule has 0 radical (unpaired) electrons. The van der Waals surface area contributed by atoms with Crippen LogP contribution in [0, 0.1) is 5.82 Å². The zero-order chi connectivity index (χ0) is 15.7. The Balaban J connectivity index is 2.50. The number of benzene rings is 1. The van der Waals surface area contributed by atoms with Crippen molar-refractivity contribution in [3.05, 3.63) is 29.6 Å².